The van der Waals surface area contributed by atoms with Gasteiger partial charge in [0.15, 0.2) is 0 Å². The lowest BCUT2D eigenvalue weighted by Gasteiger charge is -2.10. The number of rotatable bonds is 7. The van der Waals surface area contributed by atoms with Crippen LogP contribution >= 0.6 is 11.3 Å². The summed E-state index contributed by atoms with van der Waals surface area (Å²) < 4.78 is 6.91. The molecule has 4 heteroatoms. The molecule has 19 heavy (non-hydrogen) atoms. The highest BCUT2D eigenvalue weighted by Crippen LogP contribution is 2.27. The van der Waals surface area contributed by atoms with E-state index in [1.54, 1.807) is 11.3 Å². The van der Waals surface area contributed by atoms with E-state index in [1.807, 2.05) is 12.1 Å². The number of fused-ring (bicyclic) bond motifs is 1. The lowest BCUT2D eigenvalue weighted by molar-refractivity contribution is 0.286. The van der Waals surface area contributed by atoms with Gasteiger partial charge in [-0.1, -0.05) is 20.3 Å². The third kappa shape index (κ3) is 3.91. The average Bonchev–Trinajstić information content (AvgIpc) is 2.84. The molecule has 0 bridgehead atoms. The van der Waals surface area contributed by atoms with Crippen LogP contribution in [0.4, 0.5) is 0 Å². The van der Waals surface area contributed by atoms with Gasteiger partial charge in [-0.05, 0) is 37.5 Å². The third-order valence-corrected chi connectivity index (χ3v) is 4.21. The van der Waals surface area contributed by atoms with Crippen molar-refractivity contribution in [2.45, 2.75) is 45.6 Å². The summed E-state index contributed by atoms with van der Waals surface area (Å²) in [6.45, 7) is 4.85. The Balaban J connectivity index is 2.07. The molecule has 1 unspecified atom stereocenters. The molecule has 0 saturated heterocycles. The minimum atomic E-state index is 0.109. The molecule has 0 spiro atoms. The molecule has 2 aromatic rings. The summed E-state index contributed by atoms with van der Waals surface area (Å²) in [5.41, 5.74) is 6.93. The van der Waals surface area contributed by atoms with Crippen molar-refractivity contribution in [1.82, 2.24) is 4.98 Å². The first kappa shape index (κ1) is 14.3. The van der Waals surface area contributed by atoms with Crippen molar-refractivity contribution in [3.8, 4) is 5.75 Å². The van der Waals surface area contributed by atoms with Gasteiger partial charge in [0.2, 0.25) is 0 Å². The summed E-state index contributed by atoms with van der Waals surface area (Å²) in [5.74, 6) is 0.891. The summed E-state index contributed by atoms with van der Waals surface area (Å²) in [6, 6.07) is 6.20. The number of nitrogens with zero attached hydrogens (tertiary/aromatic N) is 1. The monoisotopic (exact) mass is 278 g/mol. The van der Waals surface area contributed by atoms with E-state index < -0.39 is 0 Å². The first-order chi connectivity index (χ1) is 9.22. The molecule has 0 radical (unpaired) electrons. The minimum absolute atomic E-state index is 0.109. The van der Waals surface area contributed by atoms with Gasteiger partial charge in [0.25, 0.3) is 0 Å². The summed E-state index contributed by atoms with van der Waals surface area (Å²) in [4.78, 5) is 4.64. The molecule has 1 heterocycles. The second-order valence-corrected chi connectivity index (χ2v) is 5.94. The fraction of sp³-hybridized carbons (Fsp3) is 0.533. The van der Waals surface area contributed by atoms with Gasteiger partial charge in [-0.15, -0.1) is 11.3 Å². The van der Waals surface area contributed by atoms with Gasteiger partial charge in [-0.3, -0.25) is 0 Å². The predicted octanol–water partition coefficient (Wildman–Crippen LogP) is 3.76. The first-order valence-corrected chi connectivity index (χ1v) is 7.82. The van der Waals surface area contributed by atoms with Crippen LogP contribution in [0.2, 0.25) is 0 Å². The molecule has 2 N–H and O–H groups in total. The van der Waals surface area contributed by atoms with E-state index in [9.17, 15) is 0 Å². The largest absolute Gasteiger partial charge is 0.492 e. The summed E-state index contributed by atoms with van der Waals surface area (Å²) in [5, 5.41) is 1.22. The van der Waals surface area contributed by atoms with E-state index in [0.717, 1.165) is 24.1 Å². The number of ether oxygens (including phenoxy) is 1. The van der Waals surface area contributed by atoms with Gasteiger partial charge in [0.1, 0.15) is 12.4 Å². The van der Waals surface area contributed by atoms with Gasteiger partial charge in [-0.25, -0.2) is 4.98 Å². The zero-order chi connectivity index (χ0) is 13.7. The van der Waals surface area contributed by atoms with E-state index >= 15 is 0 Å². The lowest BCUT2D eigenvalue weighted by Crippen LogP contribution is -2.26. The Morgan fingerprint density at radius 3 is 2.95 bits per heavy atom. The second-order valence-electron chi connectivity index (χ2n) is 4.82. The number of benzene rings is 1. The SMILES string of the molecule is CCCCc1nc2ccc(OCC(N)CC)cc2s1. The molecule has 0 aliphatic rings. The van der Waals surface area contributed by atoms with E-state index in [2.05, 4.69) is 24.9 Å². The van der Waals surface area contributed by atoms with Gasteiger partial charge < -0.3 is 10.5 Å². The van der Waals surface area contributed by atoms with Crippen LogP contribution in [0.1, 0.15) is 38.1 Å². The van der Waals surface area contributed by atoms with Crippen molar-refractivity contribution in [1.29, 1.82) is 0 Å². The molecule has 1 atom stereocenters. The number of hydrogen-bond donors (Lipinski definition) is 1. The minimum Gasteiger partial charge on any atom is -0.492 e. The second kappa shape index (κ2) is 6.87. The van der Waals surface area contributed by atoms with E-state index in [-0.39, 0.29) is 6.04 Å². The molecule has 104 valence electrons. The number of unbranched alkanes of at least 4 members (excludes halogenated alkanes) is 1. The van der Waals surface area contributed by atoms with Gasteiger partial charge >= 0.3 is 0 Å². The molecule has 0 fully saturated rings. The number of aryl methyl sites for hydroxylation is 1. The molecule has 0 amide bonds. The Bertz CT molecular complexity index is 524. The van der Waals surface area contributed by atoms with Gasteiger partial charge in [0.05, 0.1) is 15.2 Å². The van der Waals surface area contributed by atoms with E-state index in [0.29, 0.717) is 6.61 Å². The van der Waals surface area contributed by atoms with Crippen LogP contribution in [0.3, 0.4) is 0 Å². The summed E-state index contributed by atoms with van der Waals surface area (Å²) >= 11 is 1.77. The molecule has 2 rings (SSSR count). The number of thiazole rings is 1. The number of aromatic nitrogens is 1. The van der Waals surface area contributed by atoms with E-state index in [1.165, 1.54) is 22.5 Å². The number of hydrogen-bond acceptors (Lipinski definition) is 4. The summed E-state index contributed by atoms with van der Waals surface area (Å²) in [7, 11) is 0. The quantitative estimate of drug-likeness (QED) is 0.839. The van der Waals surface area contributed by atoms with Crippen molar-refractivity contribution in [3.05, 3.63) is 23.2 Å². The molecule has 1 aromatic heterocycles. The maximum absolute atomic E-state index is 5.86. The van der Waals surface area contributed by atoms with Crippen molar-refractivity contribution in [2.75, 3.05) is 6.61 Å². The molecule has 3 nitrogen and oxygen atoms in total. The smallest absolute Gasteiger partial charge is 0.120 e. The van der Waals surface area contributed by atoms with Crippen LogP contribution in [0.15, 0.2) is 18.2 Å². The maximum Gasteiger partial charge on any atom is 0.120 e. The Morgan fingerprint density at radius 2 is 2.21 bits per heavy atom. The maximum atomic E-state index is 5.86. The number of nitrogens with two attached hydrogens (primary N) is 1. The van der Waals surface area contributed by atoms with Crippen LogP contribution in [0.25, 0.3) is 10.2 Å². The molecular formula is C15H22N2OS. The van der Waals surface area contributed by atoms with Gasteiger partial charge in [-0.2, -0.15) is 0 Å². The summed E-state index contributed by atoms with van der Waals surface area (Å²) in [6.07, 6.45) is 4.42. The lowest BCUT2D eigenvalue weighted by atomic mass is 10.2. The topological polar surface area (TPSA) is 48.1 Å². The fourth-order valence-electron chi connectivity index (χ4n) is 1.80. The Kier molecular flexibility index (Phi) is 5.16. The van der Waals surface area contributed by atoms with Crippen molar-refractivity contribution in [2.24, 2.45) is 5.73 Å². The molecule has 0 saturated carbocycles. The van der Waals surface area contributed by atoms with Crippen LogP contribution in [0.5, 0.6) is 5.75 Å². The third-order valence-electron chi connectivity index (χ3n) is 3.14. The first-order valence-electron chi connectivity index (χ1n) is 7.00. The molecular weight excluding hydrogens is 256 g/mol. The normalized spacial score (nSPS) is 12.8. The Morgan fingerprint density at radius 1 is 1.37 bits per heavy atom. The molecule has 0 aliphatic carbocycles. The molecule has 1 aromatic carbocycles. The van der Waals surface area contributed by atoms with Crippen LogP contribution < -0.4 is 10.5 Å². The van der Waals surface area contributed by atoms with Gasteiger partial charge in [0, 0.05) is 6.04 Å². The zero-order valence-electron chi connectivity index (χ0n) is 11.7. The van der Waals surface area contributed by atoms with Crippen LogP contribution in [-0.4, -0.2) is 17.6 Å². The Hall–Kier alpha value is -1.13. The predicted molar refractivity (Wildman–Crippen MR) is 82.0 cm³/mol. The van der Waals surface area contributed by atoms with Crippen molar-refractivity contribution in [3.63, 3.8) is 0 Å². The fourth-order valence-corrected chi connectivity index (χ4v) is 2.84. The average molecular weight is 278 g/mol. The van der Waals surface area contributed by atoms with E-state index in [4.69, 9.17) is 10.5 Å². The highest BCUT2D eigenvalue weighted by molar-refractivity contribution is 7.18. The highest BCUT2D eigenvalue weighted by atomic mass is 32.1. The van der Waals surface area contributed by atoms with Crippen molar-refractivity contribution < 1.29 is 4.74 Å². The zero-order valence-corrected chi connectivity index (χ0v) is 12.5. The van der Waals surface area contributed by atoms with Crippen LogP contribution in [-0.2, 0) is 6.42 Å². The van der Waals surface area contributed by atoms with Crippen molar-refractivity contribution >= 4 is 21.6 Å². The molecule has 0 aliphatic heterocycles. The van der Waals surface area contributed by atoms with Crippen LogP contribution in [0, 0.1) is 0 Å². The standard InChI is InChI=1S/C15H22N2OS/c1-3-5-6-15-17-13-8-7-12(9-14(13)19-15)18-10-11(16)4-2/h7-9,11H,3-6,10,16H2,1-2H3. The Labute approximate surface area is 118 Å². The highest BCUT2D eigenvalue weighted by Gasteiger charge is 2.06.